The Hall–Kier alpha value is -1.57. The van der Waals surface area contributed by atoms with Gasteiger partial charge in [0.1, 0.15) is 17.3 Å². The van der Waals surface area contributed by atoms with Gasteiger partial charge in [-0.15, -0.1) is 0 Å². The molecule has 1 spiro atoms. The average Bonchev–Trinajstić information content (AvgIpc) is 3.46. The Morgan fingerprint density at radius 1 is 1.18 bits per heavy atom. The first-order chi connectivity index (χ1) is 24.5. The van der Waals surface area contributed by atoms with Crippen molar-refractivity contribution in [2.24, 2.45) is 47.2 Å². The van der Waals surface area contributed by atoms with Gasteiger partial charge < -0.3 is 35.3 Å². The summed E-state index contributed by atoms with van der Waals surface area (Å²) < 4.78 is 20.3. The highest BCUT2D eigenvalue weighted by Crippen LogP contribution is 2.62. The zero-order chi connectivity index (χ0) is 36.1. The summed E-state index contributed by atoms with van der Waals surface area (Å²) >= 11 is 0. The van der Waals surface area contributed by atoms with Gasteiger partial charge in [0.2, 0.25) is 5.91 Å². The Kier molecular flexibility index (Phi) is 11.3. The van der Waals surface area contributed by atoms with Gasteiger partial charge in [0, 0.05) is 68.0 Å². The van der Waals surface area contributed by atoms with Gasteiger partial charge in [-0.25, -0.2) is 4.79 Å². The minimum atomic E-state index is -0.958. The largest absolute Gasteiger partial charge is 0.462 e. The van der Waals surface area contributed by atoms with E-state index in [9.17, 15) is 19.5 Å². The Balaban J connectivity index is 1.27. The van der Waals surface area contributed by atoms with E-state index in [4.69, 9.17) is 19.9 Å². The molecule has 0 aromatic rings. The first kappa shape index (κ1) is 37.7. The van der Waals surface area contributed by atoms with Crippen LogP contribution in [-0.2, 0) is 28.6 Å². The van der Waals surface area contributed by atoms with Crippen LogP contribution in [0.15, 0.2) is 23.3 Å². The molecule has 5 aliphatic heterocycles. The maximum atomic E-state index is 14.1. The Morgan fingerprint density at radius 3 is 2.76 bits per heavy atom. The van der Waals surface area contributed by atoms with Gasteiger partial charge in [-0.3, -0.25) is 9.59 Å². The molecule has 0 aromatic carbocycles. The number of carbonyl (C=O) groups excluding carboxylic acids is 3. The number of nitrogens with zero attached hydrogens (tertiary/aromatic N) is 1. The van der Waals surface area contributed by atoms with Gasteiger partial charge in [0.05, 0.1) is 18.2 Å². The van der Waals surface area contributed by atoms with Crippen LogP contribution in [-0.4, -0.2) is 94.7 Å². The van der Waals surface area contributed by atoms with Crippen LogP contribution in [0.3, 0.4) is 0 Å². The van der Waals surface area contributed by atoms with E-state index in [-0.39, 0.29) is 78.3 Å². The standard InChI is InChI=1S/C39H59N3O7S2/c1-5-22(3)36(45)49-38(4)10-9-25-20-50-51-21-30-23(6-2)19-42(30)34(44)14-28-18-41-33(40)15-29(28)35(25)39(38)17-27-13-26-12-24(8-7-11-43)37(46)47-31(26)16-32(27)48-39/h5,9,23-24,26-33,35,41,43H,6-8,10-21,40H2,1-4H3. The molecule has 0 bridgehead atoms. The molecular formula is C39H59N3O7S2. The highest BCUT2D eigenvalue weighted by molar-refractivity contribution is 8.76. The Bertz CT molecular complexity index is 1410. The molecule has 12 heteroatoms. The molecule has 1 amide bonds. The molecule has 7 aliphatic rings. The maximum absolute atomic E-state index is 14.1. The molecule has 7 rings (SSSR count). The number of carbonyl (C=O) groups is 3. The van der Waals surface area contributed by atoms with Crippen molar-refractivity contribution in [2.75, 3.05) is 31.2 Å². The van der Waals surface area contributed by atoms with Gasteiger partial charge in [-0.05, 0) is 95.3 Å². The van der Waals surface area contributed by atoms with Crippen molar-refractivity contribution in [1.82, 2.24) is 10.2 Å². The molecule has 284 valence electrons. The van der Waals surface area contributed by atoms with Crippen LogP contribution < -0.4 is 11.1 Å². The summed E-state index contributed by atoms with van der Waals surface area (Å²) in [4.78, 5) is 43.0. The number of esters is 2. The highest BCUT2D eigenvalue weighted by Gasteiger charge is 2.68. The quantitative estimate of drug-likeness (QED) is 0.147. The number of rotatable bonds is 6. The SMILES string of the molecule is CC=C(C)C(=O)OC1(C)CC=C2CSSCC3C(CC)CN3C(=O)CC3CNC(N)CC3C2C12CC1CC3CC(CCCO)C(=O)OC3CC1O2. The number of nitrogens with two attached hydrogens (primary N) is 1. The first-order valence-electron chi connectivity index (χ1n) is 19.6. The number of aliphatic hydroxyl groups excluding tert-OH is 1. The third kappa shape index (κ3) is 6.97. The predicted molar refractivity (Wildman–Crippen MR) is 199 cm³/mol. The van der Waals surface area contributed by atoms with Crippen molar-refractivity contribution >= 4 is 39.4 Å². The maximum Gasteiger partial charge on any atom is 0.334 e. The zero-order valence-corrected chi connectivity index (χ0v) is 32.5. The van der Waals surface area contributed by atoms with Crippen molar-refractivity contribution < 1.29 is 33.7 Å². The lowest BCUT2D eigenvalue weighted by atomic mass is 9.56. The molecule has 5 saturated heterocycles. The molecule has 5 heterocycles. The van der Waals surface area contributed by atoms with Crippen LogP contribution in [0.4, 0.5) is 0 Å². The molecule has 4 N–H and O–H groups in total. The number of ether oxygens (including phenoxy) is 3. The number of aliphatic hydroxyl groups is 1. The van der Waals surface area contributed by atoms with Gasteiger partial charge in [-0.1, -0.05) is 46.2 Å². The fourth-order valence-electron chi connectivity index (χ4n) is 10.9. The van der Waals surface area contributed by atoms with Crippen molar-refractivity contribution in [1.29, 1.82) is 0 Å². The van der Waals surface area contributed by atoms with E-state index in [2.05, 4.69) is 30.1 Å². The van der Waals surface area contributed by atoms with Crippen molar-refractivity contribution in [2.45, 2.75) is 128 Å². The van der Waals surface area contributed by atoms with Crippen molar-refractivity contribution in [3.63, 3.8) is 0 Å². The molecule has 1 saturated carbocycles. The lowest BCUT2D eigenvalue weighted by Crippen LogP contribution is -2.66. The molecule has 13 atom stereocenters. The second-order valence-electron chi connectivity index (χ2n) is 16.8. The second-order valence-corrected chi connectivity index (χ2v) is 19.3. The number of hydrogen-bond donors (Lipinski definition) is 3. The van der Waals surface area contributed by atoms with E-state index in [1.165, 1.54) is 5.57 Å². The summed E-state index contributed by atoms with van der Waals surface area (Å²) in [7, 11) is 3.75. The van der Waals surface area contributed by atoms with Gasteiger partial charge in [0.15, 0.2) is 0 Å². The fourth-order valence-corrected chi connectivity index (χ4v) is 13.5. The average molecular weight is 746 g/mol. The van der Waals surface area contributed by atoms with E-state index >= 15 is 0 Å². The van der Waals surface area contributed by atoms with Crippen LogP contribution in [0, 0.1) is 41.4 Å². The van der Waals surface area contributed by atoms with Crippen LogP contribution >= 0.6 is 21.6 Å². The minimum Gasteiger partial charge on any atom is -0.462 e. The normalized spacial score (nSPS) is 44.3. The minimum absolute atomic E-state index is 0.0486. The van der Waals surface area contributed by atoms with E-state index in [0.717, 1.165) is 43.7 Å². The smallest absolute Gasteiger partial charge is 0.334 e. The summed E-state index contributed by atoms with van der Waals surface area (Å²) in [5.41, 5.74) is 6.82. The summed E-state index contributed by atoms with van der Waals surface area (Å²) in [5, 5.41) is 13.0. The number of amides is 1. The third-order valence-corrected chi connectivity index (χ3v) is 16.3. The van der Waals surface area contributed by atoms with Crippen LogP contribution in [0.2, 0.25) is 0 Å². The van der Waals surface area contributed by atoms with Crippen LogP contribution in [0.1, 0.15) is 91.9 Å². The molecule has 51 heavy (non-hydrogen) atoms. The molecular weight excluding hydrogens is 687 g/mol. The lowest BCUT2D eigenvalue weighted by molar-refractivity contribution is -0.229. The van der Waals surface area contributed by atoms with E-state index in [0.29, 0.717) is 62.6 Å². The molecule has 2 aliphatic carbocycles. The monoisotopic (exact) mass is 745 g/mol. The number of fused-ring (bicyclic) bond motifs is 7. The van der Waals surface area contributed by atoms with Crippen molar-refractivity contribution in [3.8, 4) is 0 Å². The topological polar surface area (TPSA) is 140 Å². The number of hydrogen-bond acceptors (Lipinski definition) is 11. The third-order valence-electron chi connectivity index (χ3n) is 14.0. The molecule has 13 unspecified atom stereocenters. The molecule has 0 radical (unpaired) electrons. The van der Waals surface area contributed by atoms with Crippen LogP contribution in [0.25, 0.3) is 0 Å². The lowest BCUT2D eigenvalue weighted by Gasteiger charge is -2.57. The van der Waals surface area contributed by atoms with Gasteiger partial charge >= 0.3 is 11.9 Å². The second kappa shape index (κ2) is 15.3. The molecule has 0 aromatic heterocycles. The number of nitrogens with one attached hydrogen (secondary N) is 1. The summed E-state index contributed by atoms with van der Waals surface area (Å²) in [6, 6.07) is 0.291. The fraction of sp³-hybridized carbons (Fsp3) is 0.821. The predicted octanol–water partition coefficient (Wildman–Crippen LogP) is 4.99. The van der Waals surface area contributed by atoms with Crippen molar-refractivity contribution in [3.05, 3.63) is 23.3 Å². The first-order valence-corrected chi connectivity index (χ1v) is 22.1. The van der Waals surface area contributed by atoms with Crippen LogP contribution in [0.5, 0.6) is 0 Å². The summed E-state index contributed by atoms with van der Waals surface area (Å²) in [6.07, 6.45) is 10.6. The Morgan fingerprint density at radius 2 is 2.00 bits per heavy atom. The zero-order valence-electron chi connectivity index (χ0n) is 30.8. The number of piperidine rings is 1. The van der Waals surface area contributed by atoms with Gasteiger partial charge in [-0.2, -0.15) is 0 Å². The molecule has 6 fully saturated rings. The summed E-state index contributed by atoms with van der Waals surface area (Å²) in [6.45, 7) is 9.53. The highest BCUT2D eigenvalue weighted by atomic mass is 33.1. The number of allylic oxidation sites excluding steroid dienone is 1. The summed E-state index contributed by atoms with van der Waals surface area (Å²) in [5.74, 6) is 2.35. The molecule has 10 nitrogen and oxygen atoms in total. The van der Waals surface area contributed by atoms with E-state index in [1.807, 2.05) is 28.5 Å². The Labute approximate surface area is 311 Å². The van der Waals surface area contributed by atoms with E-state index in [1.54, 1.807) is 13.0 Å². The van der Waals surface area contributed by atoms with E-state index < -0.39 is 11.2 Å². The van der Waals surface area contributed by atoms with Gasteiger partial charge in [0.25, 0.3) is 0 Å².